The molecular weight excluding hydrogens is 240 g/mol. The molecule has 108 valence electrons. The van der Waals surface area contributed by atoms with Crippen molar-refractivity contribution in [2.24, 2.45) is 5.73 Å². The van der Waals surface area contributed by atoms with Gasteiger partial charge in [-0.05, 0) is 37.1 Å². The van der Waals surface area contributed by atoms with E-state index in [2.05, 4.69) is 30.0 Å². The Kier molecular flexibility index (Phi) is 7.48. The van der Waals surface area contributed by atoms with Crippen molar-refractivity contribution < 1.29 is 9.47 Å². The van der Waals surface area contributed by atoms with Gasteiger partial charge in [-0.3, -0.25) is 0 Å². The predicted octanol–water partition coefficient (Wildman–Crippen LogP) is 1.60. The molecule has 4 heteroatoms. The van der Waals surface area contributed by atoms with Crippen molar-refractivity contribution in [1.29, 1.82) is 0 Å². The lowest BCUT2D eigenvalue weighted by Gasteiger charge is -2.26. The summed E-state index contributed by atoms with van der Waals surface area (Å²) < 4.78 is 10.4. The number of hydrogen-bond donors (Lipinski definition) is 1. The van der Waals surface area contributed by atoms with Gasteiger partial charge in [0.2, 0.25) is 0 Å². The van der Waals surface area contributed by atoms with Gasteiger partial charge in [0.05, 0.1) is 13.2 Å². The Labute approximate surface area is 116 Å². The first-order valence-corrected chi connectivity index (χ1v) is 6.75. The maximum Gasteiger partial charge on any atom is 0.0637 e. The molecule has 0 aliphatic heterocycles. The molecule has 0 heterocycles. The second kappa shape index (κ2) is 8.91. The molecule has 4 nitrogen and oxygen atoms in total. The van der Waals surface area contributed by atoms with Gasteiger partial charge in [0, 0.05) is 33.0 Å². The van der Waals surface area contributed by atoms with Crippen LogP contribution < -0.4 is 10.6 Å². The molecule has 1 rings (SSSR count). The second-order valence-corrected chi connectivity index (χ2v) is 4.63. The van der Waals surface area contributed by atoms with Gasteiger partial charge in [-0.2, -0.15) is 0 Å². The molecule has 19 heavy (non-hydrogen) atoms. The first kappa shape index (κ1) is 16.0. The topological polar surface area (TPSA) is 47.7 Å². The number of rotatable bonds is 9. The molecule has 1 aromatic rings. The molecule has 0 fully saturated rings. The van der Waals surface area contributed by atoms with E-state index in [-0.39, 0.29) is 0 Å². The lowest BCUT2D eigenvalue weighted by molar-refractivity contribution is 0.190. The molecule has 0 atom stereocenters. The molecule has 0 bridgehead atoms. The van der Waals surface area contributed by atoms with Gasteiger partial charge in [-0.15, -0.1) is 0 Å². The number of ether oxygens (including phenoxy) is 2. The van der Waals surface area contributed by atoms with Crippen molar-refractivity contribution in [1.82, 2.24) is 0 Å². The fourth-order valence-electron chi connectivity index (χ4n) is 2.15. The number of nitrogens with zero attached hydrogens (tertiary/aromatic N) is 1. The van der Waals surface area contributed by atoms with Crippen LogP contribution in [0.5, 0.6) is 0 Å². The molecule has 1 aromatic carbocycles. The number of nitrogens with two attached hydrogens (primary N) is 1. The average molecular weight is 266 g/mol. The Morgan fingerprint density at radius 2 is 1.74 bits per heavy atom. The lowest BCUT2D eigenvalue weighted by atomic mass is 10.1. The normalized spacial score (nSPS) is 10.7. The van der Waals surface area contributed by atoms with Crippen LogP contribution in [0.2, 0.25) is 0 Å². The first-order valence-electron chi connectivity index (χ1n) is 6.75. The summed E-state index contributed by atoms with van der Waals surface area (Å²) in [5.74, 6) is 0. The second-order valence-electron chi connectivity index (χ2n) is 4.63. The zero-order valence-electron chi connectivity index (χ0n) is 12.3. The average Bonchev–Trinajstić information content (AvgIpc) is 2.40. The van der Waals surface area contributed by atoms with Gasteiger partial charge in [-0.25, -0.2) is 0 Å². The summed E-state index contributed by atoms with van der Waals surface area (Å²) in [5.41, 5.74) is 9.41. The molecule has 0 saturated carbocycles. The minimum Gasteiger partial charge on any atom is -0.383 e. The predicted molar refractivity (Wildman–Crippen MR) is 79.9 cm³/mol. The summed E-state index contributed by atoms with van der Waals surface area (Å²) in [6.07, 6.45) is 0.928. The highest BCUT2D eigenvalue weighted by Gasteiger charge is 2.09. The smallest absolute Gasteiger partial charge is 0.0637 e. The number of benzene rings is 1. The maximum absolute atomic E-state index is 5.60. The van der Waals surface area contributed by atoms with Gasteiger partial charge < -0.3 is 20.1 Å². The molecular formula is C15H26N2O2. The van der Waals surface area contributed by atoms with Gasteiger partial charge >= 0.3 is 0 Å². The molecule has 0 aromatic heterocycles. The van der Waals surface area contributed by atoms with E-state index in [4.69, 9.17) is 15.2 Å². The highest BCUT2D eigenvalue weighted by molar-refractivity contribution is 5.54. The Bertz CT molecular complexity index is 361. The third-order valence-electron chi connectivity index (χ3n) is 3.17. The fraction of sp³-hybridized carbons (Fsp3) is 0.600. The summed E-state index contributed by atoms with van der Waals surface area (Å²) >= 11 is 0. The van der Waals surface area contributed by atoms with E-state index in [9.17, 15) is 0 Å². The van der Waals surface area contributed by atoms with Crippen molar-refractivity contribution in [2.75, 3.05) is 52.0 Å². The van der Waals surface area contributed by atoms with E-state index in [0.29, 0.717) is 19.8 Å². The fourth-order valence-corrected chi connectivity index (χ4v) is 2.15. The molecule has 0 radical (unpaired) electrons. The lowest BCUT2D eigenvalue weighted by Crippen LogP contribution is -2.31. The third-order valence-corrected chi connectivity index (χ3v) is 3.17. The summed E-state index contributed by atoms with van der Waals surface area (Å²) in [6.45, 7) is 6.01. The van der Waals surface area contributed by atoms with Crippen LogP contribution in [0.4, 0.5) is 5.69 Å². The zero-order valence-corrected chi connectivity index (χ0v) is 12.3. The van der Waals surface area contributed by atoms with E-state index in [0.717, 1.165) is 19.5 Å². The minimum atomic E-state index is 0.690. The van der Waals surface area contributed by atoms with Crippen LogP contribution in [0.25, 0.3) is 0 Å². The summed E-state index contributed by atoms with van der Waals surface area (Å²) in [7, 11) is 3.46. The maximum atomic E-state index is 5.60. The SMILES string of the molecule is COCCN(CCOC)c1ccc(CCN)cc1C. The van der Waals surface area contributed by atoms with Crippen molar-refractivity contribution in [3.05, 3.63) is 29.3 Å². The van der Waals surface area contributed by atoms with Crippen LogP contribution >= 0.6 is 0 Å². The Morgan fingerprint density at radius 1 is 1.11 bits per heavy atom. The van der Waals surface area contributed by atoms with E-state index >= 15 is 0 Å². The third kappa shape index (κ3) is 5.19. The summed E-state index contributed by atoms with van der Waals surface area (Å²) in [5, 5.41) is 0. The highest BCUT2D eigenvalue weighted by atomic mass is 16.5. The molecule has 0 spiro atoms. The largest absolute Gasteiger partial charge is 0.383 e. The zero-order chi connectivity index (χ0) is 14.1. The van der Waals surface area contributed by atoms with Crippen LogP contribution in [-0.4, -0.2) is 47.1 Å². The molecule has 0 saturated heterocycles. The van der Waals surface area contributed by atoms with Gasteiger partial charge in [0.25, 0.3) is 0 Å². The highest BCUT2D eigenvalue weighted by Crippen LogP contribution is 2.21. The van der Waals surface area contributed by atoms with E-state index in [1.807, 2.05) is 0 Å². The quantitative estimate of drug-likeness (QED) is 0.737. The number of methoxy groups -OCH3 is 2. The Hall–Kier alpha value is -1.10. The van der Waals surface area contributed by atoms with Gasteiger partial charge in [0.1, 0.15) is 0 Å². The van der Waals surface area contributed by atoms with Crippen LogP contribution in [0, 0.1) is 6.92 Å². The molecule has 2 N–H and O–H groups in total. The van der Waals surface area contributed by atoms with Crippen molar-refractivity contribution in [3.8, 4) is 0 Å². The van der Waals surface area contributed by atoms with Crippen LogP contribution in [0.3, 0.4) is 0 Å². The molecule has 0 aliphatic carbocycles. The molecule has 0 amide bonds. The van der Waals surface area contributed by atoms with Crippen molar-refractivity contribution in [3.63, 3.8) is 0 Å². The van der Waals surface area contributed by atoms with Crippen LogP contribution in [-0.2, 0) is 15.9 Å². The Morgan fingerprint density at radius 3 is 2.21 bits per heavy atom. The molecule has 0 aliphatic rings. The van der Waals surface area contributed by atoms with Crippen molar-refractivity contribution >= 4 is 5.69 Å². The number of anilines is 1. The van der Waals surface area contributed by atoms with Crippen molar-refractivity contribution in [2.45, 2.75) is 13.3 Å². The van der Waals surface area contributed by atoms with E-state index in [1.165, 1.54) is 16.8 Å². The number of aryl methyl sites for hydroxylation is 1. The first-order chi connectivity index (χ1) is 9.22. The standard InChI is InChI=1S/C15H26N2O2/c1-13-12-14(6-7-16)4-5-15(13)17(8-10-18-2)9-11-19-3/h4-5,12H,6-11,16H2,1-3H3. The molecule has 0 unspecified atom stereocenters. The number of hydrogen-bond acceptors (Lipinski definition) is 4. The van der Waals surface area contributed by atoms with Crippen LogP contribution in [0.15, 0.2) is 18.2 Å². The Balaban J connectivity index is 2.81. The van der Waals surface area contributed by atoms with Gasteiger partial charge in [0.15, 0.2) is 0 Å². The van der Waals surface area contributed by atoms with Gasteiger partial charge in [-0.1, -0.05) is 12.1 Å². The monoisotopic (exact) mass is 266 g/mol. The van der Waals surface area contributed by atoms with E-state index < -0.39 is 0 Å². The van der Waals surface area contributed by atoms with E-state index in [1.54, 1.807) is 14.2 Å². The summed E-state index contributed by atoms with van der Waals surface area (Å²) in [4.78, 5) is 2.30. The summed E-state index contributed by atoms with van der Waals surface area (Å²) in [6, 6.07) is 6.54. The minimum absolute atomic E-state index is 0.690. The van der Waals surface area contributed by atoms with Crippen LogP contribution in [0.1, 0.15) is 11.1 Å².